The molecule has 0 radical (unpaired) electrons. The molecule has 2 aliphatic rings. The van der Waals surface area contributed by atoms with Crippen LogP contribution in [0.25, 0.3) is 0 Å². The molecule has 1 unspecified atom stereocenters. The van der Waals surface area contributed by atoms with Crippen LogP contribution in [0.15, 0.2) is 30.3 Å². The maximum Gasteiger partial charge on any atom is 0.344 e. The highest BCUT2D eigenvalue weighted by Crippen LogP contribution is 2.37. The summed E-state index contributed by atoms with van der Waals surface area (Å²) in [6.45, 7) is 1.04. The highest BCUT2D eigenvalue weighted by molar-refractivity contribution is 5.77. The van der Waals surface area contributed by atoms with Crippen molar-refractivity contribution in [2.75, 3.05) is 6.54 Å². The van der Waals surface area contributed by atoms with Crippen LogP contribution in [0, 0.1) is 0 Å². The average molecular weight is 314 g/mol. The molecule has 2 fully saturated rings. The number of nitrogens with zero attached hydrogens (tertiary/aromatic N) is 6. The van der Waals surface area contributed by atoms with Crippen LogP contribution in [-0.2, 0) is 18.5 Å². The molecule has 0 N–H and O–H groups in total. The van der Waals surface area contributed by atoms with Crippen molar-refractivity contribution in [3.63, 3.8) is 0 Å². The molecule has 0 spiro atoms. The highest BCUT2D eigenvalue weighted by atomic mass is 16.7. The number of fused-ring (bicyclic) bond motifs is 2. The molecule has 8 nitrogen and oxygen atoms in total. The summed E-state index contributed by atoms with van der Waals surface area (Å²) in [5, 5.41) is 13.7. The number of aryl methyl sites for hydroxylation is 1. The zero-order valence-electron chi connectivity index (χ0n) is 12.9. The van der Waals surface area contributed by atoms with Crippen LogP contribution in [0.4, 0.5) is 4.79 Å². The normalized spacial score (nSPS) is 23.6. The van der Waals surface area contributed by atoms with Gasteiger partial charge in [0.1, 0.15) is 6.61 Å². The summed E-state index contributed by atoms with van der Waals surface area (Å²) in [5.41, 5.74) is 1.05. The first-order chi connectivity index (χ1) is 11.2. The first-order valence-corrected chi connectivity index (χ1v) is 7.73. The van der Waals surface area contributed by atoms with Crippen molar-refractivity contribution in [1.29, 1.82) is 0 Å². The number of rotatable bonds is 4. The first kappa shape index (κ1) is 14.1. The Bertz CT molecular complexity index is 703. The van der Waals surface area contributed by atoms with Crippen molar-refractivity contribution in [3.8, 4) is 0 Å². The topological polar surface area (TPSA) is 76.4 Å². The monoisotopic (exact) mass is 314 g/mol. The van der Waals surface area contributed by atoms with E-state index in [4.69, 9.17) is 4.84 Å². The van der Waals surface area contributed by atoms with Crippen molar-refractivity contribution in [3.05, 3.63) is 41.7 Å². The van der Waals surface area contributed by atoms with Gasteiger partial charge in [0, 0.05) is 6.54 Å². The maximum atomic E-state index is 12.6. The minimum atomic E-state index is -0.113. The van der Waals surface area contributed by atoms with Crippen LogP contribution in [-0.4, -0.2) is 48.8 Å². The van der Waals surface area contributed by atoms with Gasteiger partial charge in [0.25, 0.3) is 0 Å². The predicted octanol–water partition coefficient (Wildman–Crippen LogP) is 1.28. The summed E-state index contributed by atoms with van der Waals surface area (Å²) in [6, 6.07) is 9.72. The van der Waals surface area contributed by atoms with E-state index in [1.165, 1.54) is 9.86 Å². The van der Waals surface area contributed by atoms with E-state index in [9.17, 15) is 4.79 Å². The van der Waals surface area contributed by atoms with Crippen LogP contribution < -0.4 is 0 Å². The fourth-order valence-corrected chi connectivity index (χ4v) is 3.22. The minimum Gasteiger partial charge on any atom is -0.310 e. The predicted molar refractivity (Wildman–Crippen MR) is 79.7 cm³/mol. The number of amides is 2. The Morgan fingerprint density at radius 1 is 1.26 bits per heavy atom. The number of benzene rings is 1. The SMILES string of the molecule is Cn1nnc(C2CC[C@@H]3CN2C(=O)N3OCc2ccccc2)n1. The van der Waals surface area contributed by atoms with Crippen LogP contribution in [0.2, 0.25) is 0 Å². The molecule has 2 amide bonds. The van der Waals surface area contributed by atoms with Crippen LogP contribution in [0.5, 0.6) is 0 Å². The molecule has 2 aliphatic heterocycles. The van der Waals surface area contributed by atoms with Gasteiger partial charge in [0.15, 0.2) is 5.82 Å². The number of urea groups is 1. The number of carbonyl (C=O) groups excluding carboxylic acids is 1. The summed E-state index contributed by atoms with van der Waals surface area (Å²) < 4.78 is 0. The van der Waals surface area contributed by atoms with Gasteiger partial charge in [-0.3, -0.25) is 4.84 Å². The third-order valence-corrected chi connectivity index (χ3v) is 4.36. The minimum absolute atomic E-state index is 0.0964. The number of tetrazole rings is 1. The molecule has 0 saturated carbocycles. The fraction of sp³-hybridized carbons (Fsp3) is 0.467. The molecule has 23 heavy (non-hydrogen) atoms. The van der Waals surface area contributed by atoms with E-state index >= 15 is 0 Å². The molecule has 2 bridgehead atoms. The summed E-state index contributed by atoms with van der Waals surface area (Å²) in [5.74, 6) is 0.601. The quantitative estimate of drug-likeness (QED) is 0.850. The fourth-order valence-electron chi connectivity index (χ4n) is 3.22. The van der Waals surface area contributed by atoms with E-state index in [1.807, 2.05) is 30.3 Å². The van der Waals surface area contributed by atoms with Crippen molar-refractivity contribution >= 4 is 6.03 Å². The van der Waals surface area contributed by atoms with Gasteiger partial charge < -0.3 is 4.90 Å². The molecular weight excluding hydrogens is 296 g/mol. The second-order valence-corrected chi connectivity index (χ2v) is 5.90. The zero-order valence-corrected chi connectivity index (χ0v) is 12.9. The van der Waals surface area contributed by atoms with E-state index in [0.717, 1.165) is 18.4 Å². The standard InChI is InChI=1S/C15H18N6O2/c1-19-17-14(16-18-19)13-8-7-12-9-20(13)15(22)21(12)23-10-11-5-3-2-4-6-11/h2-6,12-13H,7-10H2,1H3/t12-,13?/m1/s1. The summed E-state index contributed by atoms with van der Waals surface area (Å²) in [4.78, 5) is 21.6. The lowest BCUT2D eigenvalue weighted by molar-refractivity contribution is -0.140. The Labute approximate surface area is 133 Å². The Morgan fingerprint density at radius 3 is 2.83 bits per heavy atom. The van der Waals surface area contributed by atoms with E-state index in [2.05, 4.69) is 15.4 Å². The maximum absolute atomic E-state index is 12.6. The summed E-state index contributed by atoms with van der Waals surface area (Å²) >= 11 is 0. The molecule has 8 heteroatoms. The molecule has 4 rings (SSSR count). The molecular formula is C15H18N6O2. The van der Waals surface area contributed by atoms with E-state index < -0.39 is 0 Å². The number of hydrogen-bond donors (Lipinski definition) is 0. The second kappa shape index (κ2) is 5.62. The smallest absolute Gasteiger partial charge is 0.310 e. The first-order valence-electron chi connectivity index (χ1n) is 7.73. The number of carbonyl (C=O) groups is 1. The van der Waals surface area contributed by atoms with E-state index in [1.54, 1.807) is 11.9 Å². The largest absolute Gasteiger partial charge is 0.344 e. The van der Waals surface area contributed by atoms with Crippen molar-refractivity contribution in [1.82, 2.24) is 30.2 Å². The van der Waals surface area contributed by atoms with Gasteiger partial charge >= 0.3 is 6.03 Å². The molecule has 2 aromatic rings. The van der Waals surface area contributed by atoms with E-state index in [0.29, 0.717) is 19.0 Å². The van der Waals surface area contributed by atoms with Crippen LogP contribution in [0.3, 0.4) is 0 Å². The Kier molecular flexibility index (Phi) is 3.45. The Balaban J connectivity index is 1.47. The number of hydroxylamine groups is 2. The number of hydrogen-bond acceptors (Lipinski definition) is 5. The molecule has 0 aliphatic carbocycles. The van der Waals surface area contributed by atoms with E-state index in [-0.39, 0.29) is 18.1 Å². The number of piperidine rings is 1. The van der Waals surface area contributed by atoms with Gasteiger partial charge in [0.2, 0.25) is 0 Å². The van der Waals surface area contributed by atoms with Crippen molar-refractivity contribution in [2.45, 2.75) is 31.5 Å². The molecule has 2 saturated heterocycles. The third kappa shape index (κ3) is 2.55. The van der Waals surface area contributed by atoms with Gasteiger partial charge in [-0.05, 0) is 23.6 Å². The van der Waals surface area contributed by atoms with Crippen LogP contribution in [0.1, 0.15) is 30.3 Å². The third-order valence-electron chi connectivity index (χ3n) is 4.36. The lowest BCUT2D eigenvalue weighted by atomic mass is 10.0. The number of aromatic nitrogens is 4. The molecule has 1 aromatic heterocycles. The lowest BCUT2D eigenvalue weighted by Gasteiger charge is -2.27. The van der Waals surface area contributed by atoms with Gasteiger partial charge in [-0.2, -0.15) is 9.86 Å². The summed E-state index contributed by atoms with van der Waals surface area (Å²) in [7, 11) is 1.73. The van der Waals surface area contributed by atoms with Gasteiger partial charge in [0.05, 0.1) is 19.1 Å². The van der Waals surface area contributed by atoms with Crippen molar-refractivity contribution < 1.29 is 9.63 Å². The Hall–Kier alpha value is -2.48. The second-order valence-electron chi connectivity index (χ2n) is 5.90. The van der Waals surface area contributed by atoms with Crippen molar-refractivity contribution in [2.24, 2.45) is 7.05 Å². The summed E-state index contributed by atoms with van der Waals surface area (Å²) in [6.07, 6.45) is 1.70. The molecule has 2 atom stereocenters. The van der Waals surface area contributed by atoms with Gasteiger partial charge in [-0.1, -0.05) is 30.3 Å². The average Bonchev–Trinajstić information content (AvgIpc) is 3.11. The molecule has 1 aromatic carbocycles. The highest BCUT2D eigenvalue weighted by Gasteiger charge is 2.47. The zero-order chi connectivity index (χ0) is 15.8. The van der Waals surface area contributed by atoms with Gasteiger partial charge in [-0.25, -0.2) is 4.79 Å². The van der Waals surface area contributed by atoms with Gasteiger partial charge in [-0.15, -0.1) is 10.2 Å². The lowest BCUT2D eigenvalue weighted by Crippen LogP contribution is -2.34. The molecule has 3 heterocycles. The Morgan fingerprint density at radius 2 is 2.09 bits per heavy atom. The van der Waals surface area contributed by atoms with Crippen LogP contribution >= 0.6 is 0 Å². The molecule has 120 valence electrons.